The van der Waals surface area contributed by atoms with Crippen molar-refractivity contribution >= 4 is 5.57 Å². The lowest BCUT2D eigenvalue weighted by atomic mass is 10.0. The first-order valence-electron chi connectivity index (χ1n) is 7.99. The Morgan fingerprint density at radius 1 is 0.895 bits per heavy atom. The molecule has 1 aromatic rings. The van der Waals surface area contributed by atoms with Crippen molar-refractivity contribution in [3.05, 3.63) is 42.0 Å². The Bertz CT molecular complexity index is 292. The van der Waals surface area contributed by atoms with Crippen molar-refractivity contribution in [2.45, 2.75) is 73.6 Å². The molecule has 0 fully saturated rings. The summed E-state index contributed by atoms with van der Waals surface area (Å²) in [5.74, 6) is 0. The highest BCUT2D eigenvalue weighted by atomic mass is 14.0. The van der Waals surface area contributed by atoms with Crippen molar-refractivity contribution in [2.75, 3.05) is 0 Å². The lowest BCUT2D eigenvalue weighted by molar-refractivity contribution is 0.667. The van der Waals surface area contributed by atoms with Crippen LogP contribution in [0.15, 0.2) is 30.8 Å². The summed E-state index contributed by atoms with van der Waals surface area (Å²) in [6, 6.07) is 8.82. The Kier molecular flexibility index (Phi) is 16.0. The summed E-state index contributed by atoms with van der Waals surface area (Å²) < 4.78 is 0. The van der Waals surface area contributed by atoms with Crippen molar-refractivity contribution < 1.29 is 0 Å². The number of unbranched alkanes of at least 4 members (excludes halogenated alkanes) is 3. The Labute approximate surface area is 121 Å². The van der Waals surface area contributed by atoms with Gasteiger partial charge in [0, 0.05) is 0 Å². The summed E-state index contributed by atoms with van der Waals surface area (Å²) in [5.41, 5.74) is 3.86. The fraction of sp³-hybridized carbons (Fsp3) is 0.579. The molecule has 0 aliphatic carbocycles. The van der Waals surface area contributed by atoms with Crippen LogP contribution in [0.2, 0.25) is 0 Å². The normalized spacial score (nSPS) is 8.74. The maximum atomic E-state index is 3.94. The van der Waals surface area contributed by atoms with Crippen LogP contribution in [-0.4, -0.2) is 0 Å². The van der Waals surface area contributed by atoms with Gasteiger partial charge in [0.25, 0.3) is 0 Å². The SMILES string of the molecule is C=C(C)c1ccc(CCCCCC)cc1.CC.CC. The predicted octanol–water partition coefficient (Wildman–Crippen LogP) is 6.89. The van der Waals surface area contributed by atoms with Crippen LogP contribution in [0.1, 0.15) is 78.4 Å². The van der Waals surface area contributed by atoms with E-state index >= 15 is 0 Å². The molecule has 0 N–H and O–H groups in total. The third-order valence-corrected chi connectivity index (χ3v) is 2.77. The van der Waals surface area contributed by atoms with Gasteiger partial charge in [0.05, 0.1) is 0 Å². The molecule has 19 heavy (non-hydrogen) atoms. The van der Waals surface area contributed by atoms with E-state index in [9.17, 15) is 0 Å². The fourth-order valence-electron chi connectivity index (χ4n) is 1.71. The van der Waals surface area contributed by atoms with Gasteiger partial charge in [-0.05, 0) is 30.9 Å². The van der Waals surface area contributed by atoms with E-state index < -0.39 is 0 Å². The molecule has 1 rings (SSSR count). The summed E-state index contributed by atoms with van der Waals surface area (Å²) in [7, 11) is 0. The molecule has 0 radical (unpaired) electrons. The zero-order valence-corrected chi connectivity index (χ0v) is 14.1. The number of hydrogen-bond acceptors (Lipinski definition) is 0. The molecule has 0 saturated heterocycles. The maximum Gasteiger partial charge on any atom is -0.0233 e. The lowest BCUT2D eigenvalue weighted by Gasteiger charge is -2.03. The second-order valence-corrected chi connectivity index (χ2v) is 4.29. The number of rotatable bonds is 6. The minimum absolute atomic E-state index is 1.15. The average molecular weight is 262 g/mol. The highest BCUT2D eigenvalue weighted by Crippen LogP contribution is 2.14. The van der Waals surface area contributed by atoms with E-state index in [0.29, 0.717) is 0 Å². The second-order valence-electron chi connectivity index (χ2n) is 4.29. The maximum absolute atomic E-state index is 3.94. The zero-order chi connectivity index (χ0) is 15.1. The molecule has 0 saturated carbocycles. The van der Waals surface area contributed by atoms with Gasteiger partial charge in [0.1, 0.15) is 0 Å². The molecule has 0 bridgehead atoms. The van der Waals surface area contributed by atoms with E-state index in [-0.39, 0.29) is 0 Å². The summed E-state index contributed by atoms with van der Waals surface area (Å²) in [6.07, 6.45) is 6.58. The Balaban J connectivity index is 0. The molecule has 0 spiro atoms. The molecule has 0 aromatic heterocycles. The van der Waals surface area contributed by atoms with Crippen molar-refractivity contribution in [1.82, 2.24) is 0 Å². The summed E-state index contributed by atoms with van der Waals surface area (Å²) in [4.78, 5) is 0. The molecule has 0 nitrogen and oxygen atoms in total. The minimum Gasteiger partial charge on any atom is -0.0955 e. The smallest absolute Gasteiger partial charge is 0.0233 e. The Morgan fingerprint density at radius 3 is 1.84 bits per heavy atom. The third-order valence-electron chi connectivity index (χ3n) is 2.77. The summed E-state index contributed by atoms with van der Waals surface area (Å²) in [5, 5.41) is 0. The van der Waals surface area contributed by atoms with Gasteiger partial charge in [0.15, 0.2) is 0 Å². The second kappa shape index (κ2) is 15.0. The van der Waals surface area contributed by atoms with Gasteiger partial charge >= 0.3 is 0 Å². The molecule has 0 amide bonds. The van der Waals surface area contributed by atoms with Gasteiger partial charge in [-0.25, -0.2) is 0 Å². The van der Waals surface area contributed by atoms with Crippen molar-refractivity contribution in [3.63, 3.8) is 0 Å². The molecule has 0 unspecified atom stereocenters. The van der Waals surface area contributed by atoms with E-state index in [1.165, 1.54) is 43.2 Å². The standard InChI is InChI=1S/C15H22.2C2H6/c1-4-5-6-7-8-14-9-11-15(12-10-14)13(2)3;2*1-2/h9-12H,2,4-8H2,1,3H3;2*1-2H3. The van der Waals surface area contributed by atoms with Gasteiger partial charge in [-0.15, -0.1) is 0 Å². The van der Waals surface area contributed by atoms with Crippen molar-refractivity contribution in [2.24, 2.45) is 0 Å². The molecule has 0 aliphatic heterocycles. The Morgan fingerprint density at radius 2 is 1.42 bits per heavy atom. The Hall–Kier alpha value is -1.04. The predicted molar refractivity (Wildman–Crippen MR) is 91.7 cm³/mol. The van der Waals surface area contributed by atoms with Crippen LogP contribution in [0.3, 0.4) is 0 Å². The highest BCUT2D eigenvalue weighted by Gasteiger charge is 1.95. The van der Waals surface area contributed by atoms with Crippen molar-refractivity contribution in [3.8, 4) is 0 Å². The zero-order valence-electron chi connectivity index (χ0n) is 14.1. The molecule has 110 valence electrons. The van der Waals surface area contributed by atoms with Crippen LogP contribution >= 0.6 is 0 Å². The van der Waals surface area contributed by atoms with Gasteiger partial charge in [0.2, 0.25) is 0 Å². The van der Waals surface area contributed by atoms with Gasteiger partial charge in [-0.3, -0.25) is 0 Å². The highest BCUT2D eigenvalue weighted by molar-refractivity contribution is 5.61. The van der Waals surface area contributed by atoms with Crippen LogP contribution in [0.25, 0.3) is 5.57 Å². The van der Waals surface area contributed by atoms with E-state index in [0.717, 1.165) is 5.57 Å². The molecule has 0 atom stereocenters. The average Bonchev–Trinajstić information content (AvgIpc) is 2.48. The first-order chi connectivity index (χ1) is 9.24. The van der Waals surface area contributed by atoms with E-state index in [1.807, 2.05) is 27.7 Å². The van der Waals surface area contributed by atoms with Crippen LogP contribution in [0, 0.1) is 0 Å². The van der Waals surface area contributed by atoms with Crippen LogP contribution in [-0.2, 0) is 6.42 Å². The van der Waals surface area contributed by atoms with E-state index in [2.05, 4.69) is 44.7 Å². The summed E-state index contributed by atoms with van der Waals surface area (Å²) >= 11 is 0. The molecule has 0 heteroatoms. The minimum atomic E-state index is 1.15. The quantitative estimate of drug-likeness (QED) is 0.489. The van der Waals surface area contributed by atoms with Gasteiger partial charge in [-0.2, -0.15) is 0 Å². The largest absolute Gasteiger partial charge is 0.0955 e. The monoisotopic (exact) mass is 262 g/mol. The van der Waals surface area contributed by atoms with Crippen molar-refractivity contribution in [1.29, 1.82) is 0 Å². The topological polar surface area (TPSA) is 0 Å². The van der Waals surface area contributed by atoms with E-state index in [4.69, 9.17) is 0 Å². The molecule has 1 aromatic carbocycles. The number of hydrogen-bond donors (Lipinski definition) is 0. The van der Waals surface area contributed by atoms with Crippen LogP contribution in [0.4, 0.5) is 0 Å². The van der Waals surface area contributed by atoms with E-state index in [1.54, 1.807) is 0 Å². The molecule has 0 heterocycles. The fourth-order valence-corrected chi connectivity index (χ4v) is 1.71. The van der Waals surface area contributed by atoms with Crippen LogP contribution in [0.5, 0.6) is 0 Å². The third kappa shape index (κ3) is 10.6. The molecule has 0 aliphatic rings. The first-order valence-corrected chi connectivity index (χ1v) is 7.99. The lowest BCUT2D eigenvalue weighted by Crippen LogP contribution is -1.86. The first kappa shape index (κ1) is 20.3. The molecular formula is C19H34. The van der Waals surface area contributed by atoms with Crippen LogP contribution < -0.4 is 0 Å². The summed E-state index contributed by atoms with van der Waals surface area (Å²) in [6.45, 7) is 16.2. The van der Waals surface area contributed by atoms with Gasteiger partial charge in [-0.1, -0.05) is 90.3 Å². The number of benzene rings is 1. The molecular weight excluding hydrogens is 228 g/mol. The number of aryl methyl sites for hydroxylation is 1. The van der Waals surface area contributed by atoms with Gasteiger partial charge < -0.3 is 0 Å². The number of allylic oxidation sites excluding steroid dienone is 1.